The fourth-order valence-corrected chi connectivity index (χ4v) is 1.59. The second kappa shape index (κ2) is 3.52. The van der Waals surface area contributed by atoms with E-state index in [1.807, 2.05) is 21.1 Å². The van der Waals surface area contributed by atoms with E-state index in [0.717, 1.165) is 0 Å². The maximum Gasteiger partial charge on any atom is 0.160 e. The summed E-state index contributed by atoms with van der Waals surface area (Å²) in [6, 6.07) is 0. The molecule has 3 nitrogen and oxygen atoms in total. The summed E-state index contributed by atoms with van der Waals surface area (Å²) in [5.41, 5.74) is 0. The van der Waals surface area contributed by atoms with Crippen LogP contribution in [0.2, 0.25) is 0 Å². The number of aliphatic hydroxyl groups is 1. The van der Waals surface area contributed by atoms with Gasteiger partial charge in [0.2, 0.25) is 0 Å². The van der Waals surface area contributed by atoms with Crippen LogP contribution in [0.25, 0.3) is 0 Å². The van der Waals surface area contributed by atoms with E-state index in [9.17, 15) is 9.50 Å². The summed E-state index contributed by atoms with van der Waals surface area (Å²) >= 11 is 0. The van der Waals surface area contributed by atoms with Crippen LogP contribution in [0.1, 0.15) is 6.92 Å². The monoisotopic (exact) mass is 192 g/mol. The third-order valence-corrected chi connectivity index (χ3v) is 2.28. The molecule has 1 heterocycles. The van der Waals surface area contributed by atoms with Crippen LogP contribution in [-0.4, -0.2) is 61.8 Å². The van der Waals surface area contributed by atoms with Crippen molar-refractivity contribution in [1.29, 1.82) is 0 Å². The van der Waals surface area contributed by atoms with Crippen molar-refractivity contribution in [3.8, 4) is 0 Å². The van der Waals surface area contributed by atoms with Gasteiger partial charge in [0.15, 0.2) is 6.17 Å². The molecule has 0 saturated carbocycles. The van der Waals surface area contributed by atoms with Gasteiger partial charge in [0.25, 0.3) is 0 Å². The fraction of sp³-hybridized carbons (Fsp3) is 1.00. The first kappa shape index (κ1) is 10.9. The average molecular weight is 192 g/mol. The second-order valence-corrected chi connectivity index (χ2v) is 4.79. The average Bonchev–Trinajstić information content (AvgIpc) is 2.15. The van der Waals surface area contributed by atoms with Crippen molar-refractivity contribution >= 4 is 0 Å². The Labute approximate surface area is 78.7 Å². The standard InChI is InChI=1S/C9H19FNO2/c1-6-9(12)8(10)7(13-6)5-11(2,3)4/h6-9,12H,5H2,1-4H3/q+1/t6-,7+,8-,9-/m0/s1. The molecule has 4 heteroatoms. The summed E-state index contributed by atoms with van der Waals surface area (Å²) in [5.74, 6) is 0. The van der Waals surface area contributed by atoms with Crippen molar-refractivity contribution in [3.05, 3.63) is 0 Å². The van der Waals surface area contributed by atoms with Crippen LogP contribution in [0.5, 0.6) is 0 Å². The van der Waals surface area contributed by atoms with E-state index in [1.54, 1.807) is 6.92 Å². The van der Waals surface area contributed by atoms with E-state index in [0.29, 0.717) is 11.0 Å². The molecular formula is C9H19FNO2+. The van der Waals surface area contributed by atoms with Gasteiger partial charge in [-0.2, -0.15) is 0 Å². The number of ether oxygens (including phenoxy) is 1. The Morgan fingerprint density at radius 3 is 2.23 bits per heavy atom. The molecule has 1 aliphatic heterocycles. The predicted molar refractivity (Wildman–Crippen MR) is 48.1 cm³/mol. The normalized spacial score (nSPS) is 41.1. The number of hydrogen-bond acceptors (Lipinski definition) is 2. The zero-order valence-corrected chi connectivity index (χ0v) is 8.70. The van der Waals surface area contributed by atoms with Crippen LogP contribution in [0.15, 0.2) is 0 Å². The van der Waals surface area contributed by atoms with Gasteiger partial charge in [-0.1, -0.05) is 0 Å². The lowest BCUT2D eigenvalue weighted by molar-refractivity contribution is -0.873. The third-order valence-electron chi connectivity index (χ3n) is 2.28. The summed E-state index contributed by atoms with van der Waals surface area (Å²) < 4.78 is 19.3. The van der Waals surface area contributed by atoms with Gasteiger partial charge < -0.3 is 14.3 Å². The Morgan fingerprint density at radius 1 is 1.38 bits per heavy atom. The Balaban J connectivity index is 2.54. The van der Waals surface area contributed by atoms with Crippen molar-refractivity contribution < 1.29 is 18.7 Å². The highest BCUT2D eigenvalue weighted by Crippen LogP contribution is 2.24. The van der Waals surface area contributed by atoms with Crippen LogP contribution >= 0.6 is 0 Å². The van der Waals surface area contributed by atoms with Crippen molar-refractivity contribution in [1.82, 2.24) is 0 Å². The molecule has 4 atom stereocenters. The van der Waals surface area contributed by atoms with E-state index in [-0.39, 0.29) is 6.10 Å². The lowest BCUT2D eigenvalue weighted by Crippen LogP contribution is -2.44. The number of alkyl halides is 1. The summed E-state index contributed by atoms with van der Waals surface area (Å²) in [4.78, 5) is 0. The molecule has 0 spiro atoms. The van der Waals surface area contributed by atoms with E-state index in [2.05, 4.69) is 0 Å². The number of nitrogens with zero attached hydrogens (tertiary/aromatic N) is 1. The van der Waals surface area contributed by atoms with Gasteiger partial charge in [-0.15, -0.1) is 0 Å². The first-order valence-electron chi connectivity index (χ1n) is 4.59. The molecule has 0 aromatic rings. The van der Waals surface area contributed by atoms with Crippen molar-refractivity contribution in [2.75, 3.05) is 27.7 Å². The molecule has 0 amide bonds. The van der Waals surface area contributed by atoms with Crippen LogP contribution in [0.3, 0.4) is 0 Å². The van der Waals surface area contributed by atoms with Crippen LogP contribution in [-0.2, 0) is 4.74 Å². The summed E-state index contributed by atoms with van der Waals surface area (Å²) in [7, 11) is 5.93. The summed E-state index contributed by atoms with van der Waals surface area (Å²) in [5, 5.41) is 9.33. The molecule has 0 aromatic carbocycles. The highest BCUT2D eigenvalue weighted by Gasteiger charge is 2.43. The van der Waals surface area contributed by atoms with E-state index in [4.69, 9.17) is 4.74 Å². The minimum atomic E-state index is -1.24. The molecule has 1 aliphatic rings. The molecule has 0 unspecified atom stereocenters. The molecule has 78 valence electrons. The lowest BCUT2D eigenvalue weighted by Gasteiger charge is -2.27. The minimum Gasteiger partial charge on any atom is -0.387 e. The number of halogens is 1. The smallest absolute Gasteiger partial charge is 0.160 e. The van der Waals surface area contributed by atoms with Gasteiger partial charge in [0, 0.05) is 0 Å². The van der Waals surface area contributed by atoms with Crippen LogP contribution in [0, 0.1) is 0 Å². The van der Waals surface area contributed by atoms with Crippen molar-refractivity contribution in [2.24, 2.45) is 0 Å². The van der Waals surface area contributed by atoms with E-state index in [1.165, 1.54) is 0 Å². The van der Waals surface area contributed by atoms with Gasteiger partial charge in [0.05, 0.1) is 27.2 Å². The SMILES string of the molecule is C[C@@H]1O[C@H](C[N+](C)(C)C)[C@H](F)[C@H]1O. The number of aliphatic hydroxyl groups excluding tert-OH is 1. The fourth-order valence-electron chi connectivity index (χ4n) is 1.59. The number of rotatable bonds is 2. The molecule has 0 radical (unpaired) electrons. The van der Waals surface area contributed by atoms with Crippen molar-refractivity contribution in [3.63, 3.8) is 0 Å². The number of hydrogen-bond donors (Lipinski definition) is 1. The highest BCUT2D eigenvalue weighted by atomic mass is 19.1. The van der Waals surface area contributed by atoms with Gasteiger partial charge in [0.1, 0.15) is 18.8 Å². The summed E-state index contributed by atoms with van der Waals surface area (Å²) in [6.07, 6.45) is -3.06. The zero-order valence-electron chi connectivity index (χ0n) is 8.70. The molecule has 13 heavy (non-hydrogen) atoms. The quantitative estimate of drug-likeness (QED) is 0.632. The van der Waals surface area contributed by atoms with Crippen molar-refractivity contribution in [2.45, 2.75) is 31.4 Å². The molecule has 1 N–H and O–H groups in total. The minimum absolute atomic E-state index is 0.383. The third kappa shape index (κ3) is 2.62. The van der Waals surface area contributed by atoms with Gasteiger partial charge in [-0.25, -0.2) is 4.39 Å². The van der Waals surface area contributed by atoms with Crippen LogP contribution in [0.4, 0.5) is 4.39 Å². The summed E-state index contributed by atoms with van der Waals surface area (Å²) in [6.45, 7) is 2.29. The second-order valence-electron chi connectivity index (χ2n) is 4.79. The Kier molecular flexibility index (Phi) is 2.95. The maximum absolute atomic E-state index is 13.4. The Morgan fingerprint density at radius 2 is 1.92 bits per heavy atom. The van der Waals surface area contributed by atoms with Crippen LogP contribution < -0.4 is 0 Å². The highest BCUT2D eigenvalue weighted by molar-refractivity contribution is 4.88. The maximum atomic E-state index is 13.4. The van der Waals surface area contributed by atoms with Gasteiger partial charge >= 0.3 is 0 Å². The topological polar surface area (TPSA) is 29.5 Å². The Hall–Kier alpha value is -0.190. The largest absolute Gasteiger partial charge is 0.387 e. The molecule has 0 aliphatic carbocycles. The van der Waals surface area contributed by atoms with Gasteiger partial charge in [-0.3, -0.25) is 0 Å². The lowest BCUT2D eigenvalue weighted by atomic mass is 10.1. The Bertz CT molecular complexity index is 181. The molecular weight excluding hydrogens is 173 g/mol. The zero-order chi connectivity index (χ0) is 10.2. The molecule has 0 aromatic heterocycles. The molecule has 0 bridgehead atoms. The van der Waals surface area contributed by atoms with E-state index < -0.39 is 18.4 Å². The molecule has 1 rings (SSSR count). The first-order valence-corrected chi connectivity index (χ1v) is 4.59. The molecule has 1 fully saturated rings. The number of quaternary nitrogens is 1. The first-order chi connectivity index (χ1) is 5.81. The predicted octanol–water partition coefficient (Wildman–Crippen LogP) is 0.179. The number of likely N-dealkylation sites (N-methyl/N-ethyl adjacent to an activating group) is 1. The molecule has 1 saturated heterocycles. The van der Waals surface area contributed by atoms with E-state index >= 15 is 0 Å². The van der Waals surface area contributed by atoms with Gasteiger partial charge in [-0.05, 0) is 6.92 Å².